The molecule has 0 saturated carbocycles. The number of hydrogen-bond donors (Lipinski definition) is 1. The van der Waals surface area contributed by atoms with Crippen molar-refractivity contribution in [3.8, 4) is 5.75 Å². The molecule has 2 atom stereocenters. The van der Waals surface area contributed by atoms with Crippen LogP contribution in [0.4, 0.5) is 8.78 Å². The Labute approximate surface area is 87.0 Å². The zero-order valence-corrected chi connectivity index (χ0v) is 8.47. The highest BCUT2D eigenvalue weighted by atomic mass is 19.2. The lowest BCUT2D eigenvalue weighted by atomic mass is 10.0. The molecule has 1 aliphatic rings. The van der Waals surface area contributed by atoms with Gasteiger partial charge in [-0.05, 0) is 12.5 Å². The fourth-order valence-electron chi connectivity index (χ4n) is 1.88. The van der Waals surface area contributed by atoms with Crippen molar-refractivity contribution in [1.29, 1.82) is 0 Å². The SMILES string of the molecule is CCCC1Oc2c(ccc(F)c2F)C1N. The molecule has 0 aromatic heterocycles. The van der Waals surface area contributed by atoms with E-state index in [2.05, 4.69) is 0 Å². The van der Waals surface area contributed by atoms with Crippen molar-refractivity contribution in [3.63, 3.8) is 0 Å². The summed E-state index contributed by atoms with van der Waals surface area (Å²) in [6.07, 6.45) is 1.41. The molecule has 1 heterocycles. The molecule has 1 aliphatic heterocycles. The lowest BCUT2D eigenvalue weighted by molar-refractivity contribution is 0.187. The van der Waals surface area contributed by atoms with Gasteiger partial charge in [-0.2, -0.15) is 4.39 Å². The second-order valence-corrected chi connectivity index (χ2v) is 3.75. The Balaban J connectivity index is 2.36. The minimum Gasteiger partial charge on any atom is -0.485 e. The zero-order chi connectivity index (χ0) is 11.0. The molecule has 2 nitrogen and oxygen atoms in total. The maximum absolute atomic E-state index is 13.3. The van der Waals surface area contributed by atoms with E-state index in [0.717, 1.165) is 18.9 Å². The van der Waals surface area contributed by atoms with Gasteiger partial charge in [-0.25, -0.2) is 4.39 Å². The third kappa shape index (κ3) is 1.59. The lowest BCUT2D eigenvalue weighted by Gasteiger charge is -2.13. The summed E-state index contributed by atoms with van der Waals surface area (Å²) in [7, 11) is 0. The Morgan fingerprint density at radius 1 is 1.40 bits per heavy atom. The van der Waals surface area contributed by atoms with Crippen LogP contribution in [0.5, 0.6) is 5.75 Å². The van der Waals surface area contributed by atoms with Gasteiger partial charge in [-0.3, -0.25) is 0 Å². The van der Waals surface area contributed by atoms with E-state index in [4.69, 9.17) is 10.5 Å². The van der Waals surface area contributed by atoms with E-state index in [1.807, 2.05) is 6.92 Å². The predicted octanol–water partition coefficient (Wildman–Crippen LogP) is 2.53. The number of nitrogens with two attached hydrogens (primary N) is 1. The van der Waals surface area contributed by atoms with Gasteiger partial charge < -0.3 is 10.5 Å². The van der Waals surface area contributed by atoms with Gasteiger partial charge in [0, 0.05) is 5.56 Å². The van der Waals surface area contributed by atoms with Crippen LogP contribution in [-0.2, 0) is 0 Å². The number of hydrogen-bond acceptors (Lipinski definition) is 2. The molecular formula is C11H13F2NO. The van der Waals surface area contributed by atoms with Crippen LogP contribution in [0.3, 0.4) is 0 Å². The number of ether oxygens (including phenoxy) is 1. The predicted molar refractivity (Wildman–Crippen MR) is 52.6 cm³/mol. The van der Waals surface area contributed by atoms with Crippen molar-refractivity contribution >= 4 is 0 Å². The maximum Gasteiger partial charge on any atom is 0.200 e. The minimum absolute atomic E-state index is 0.0130. The molecule has 0 amide bonds. The summed E-state index contributed by atoms with van der Waals surface area (Å²) in [5.41, 5.74) is 6.44. The van der Waals surface area contributed by atoms with Crippen LogP contribution in [0.2, 0.25) is 0 Å². The van der Waals surface area contributed by atoms with E-state index in [9.17, 15) is 8.78 Å². The van der Waals surface area contributed by atoms with Gasteiger partial charge >= 0.3 is 0 Å². The fourth-order valence-corrected chi connectivity index (χ4v) is 1.88. The van der Waals surface area contributed by atoms with Crippen molar-refractivity contribution in [1.82, 2.24) is 0 Å². The fraction of sp³-hybridized carbons (Fsp3) is 0.455. The number of benzene rings is 1. The topological polar surface area (TPSA) is 35.2 Å². The Bertz CT molecular complexity index is 381. The molecule has 1 aromatic carbocycles. The minimum atomic E-state index is -0.929. The van der Waals surface area contributed by atoms with Crippen LogP contribution in [0.25, 0.3) is 0 Å². The largest absolute Gasteiger partial charge is 0.485 e. The summed E-state index contributed by atoms with van der Waals surface area (Å²) in [6.45, 7) is 2.00. The highest BCUT2D eigenvalue weighted by molar-refractivity contribution is 5.42. The van der Waals surface area contributed by atoms with Crippen molar-refractivity contribution in [2.75, 3.05) is 0 Å². The first kappa shape index (κ1) is 10.4. The average molecular weight is 213 g/mol. The molecule has 2 N–H and O–H groups in total. The van der Waals surface area contributed by atoms with Gasteiger partial charge in [0.1, 0.15) is 6.10 Å². The van der Waals surface area contributed by atoms with Crippen LogP contribution in [0.15, 0.2) is 12.1 Å². The van der Waals surface area contributed by atoms with Gasteiger partial charge in [0.2, 0.25) is 5.82 Å². The highest BCUT2D eigenvalue weighted by Gasteiger charge is 2.34. The summed E-state index contributed by atoms with van der Waals surface area (Å²) in [4.78, 5) is 0. The van der Waals surface area contributed by atoms with Crippen LogP contribution in [-0.4, -0.2) is 6.10 Å². The molecule has 2 unspecified atom stereocenters. The van der Waals surface area contributed by atoms with Crippen LogP contribution >= 0.6 is 0 Å². The summed E-state index contributed by atoms with van der Waals surface area (Å²) < 4.78 is 31.6. The second kappa shape index (κ2) is 3.77. The van der Waals surface area contributed by atoms with E-state index in [0.29, 0.717) is 5.56 Å². The molecule has 0 bridgehead atoms. The summed E-state index contributed by atoms with van der Waals surface area (Å²) >= 11 is 0. The van der Waals surface area contributed by atoms with Gasteiger partial charge in [0.05, 0.1) is 6.04 Å². The van der Waals surface area contributed by atoms with Crippen LogP contribution in [0.1, 0.15) is 31.4 Å². The third-order valence-corrected chi connectivity index (χ3v) is 2.68. The Kier molecular flexibility index (Phi) is 2.61. The van der Waals surface area contributed by atoms with Crippen LogP contribution < -0.4 is 10.5 Å². The second-order valence-electron chi connectivity index (χ2n) is 3.75. The summed E-state index contributed by atoms with van der Waals surface area (Å²) in [5.74, 6) is -1.83. The van der Waals surface area contributed by atoms with Gasteiger partial charge in [0.25, 0.3) is 0 Å². The highest BCUT2D eigenvalue weighted by Crippen LogP contribution is 2.39. The van der Waals surface area contributed by atoms with Gasteiger partial charge in [-0.1, -0.05) is 19.4 Å². The quantitative estimate of drug-likeness (QED) is 0.819. The first-order chi connectivity index (χ1) is 7.15. The van der Waals surface area contributed by atoms with Crippen molar-refractivity contribution in [2.24, 2.45) is 5.73 Å². The molecule has 0 fully saturated rings. The van der Waals surface area contributed by atoms with E-state index >= 15 is 0 Å². The van der Waals surface area contributed by atoms with Crippen molar-refractivity contribution < 1.29 is 13.5 Å². The molecule has 1 aromatic rings. The summed E-state index contributed by atoms with van der Waals surface area (Å²) in [5, 5.41) is 0. The van der Waals surface area contributed by atoms with E-state index in [1.165, 1.54) is 6.07 Å². The van der Waals surface area contributed by atoms with Gasteiger partial charge in [-0.15, -0.1) is 0 Å². The third-order valence-electron chi connectivity index (χ3n) is 2.68. The molecule has 0 aliphatic carbocycles. The first-order valence-corrected chi connectivity index (χ1v) is 5.05. The zero-order valence-electron chi connectivity index (χ0n) is 8.47. The smallest absolute Gasteiger partial charge is 0.200 e. The molecule has 0 spiro atoms. The summed E-state index contributed by atoms with van der Waals surface area (Å²) in [6, 6.07) is 2.23. The number of rotatable bonds is 2. The monoisotopic (exact) mass is 213 g/mol. The molecule has 0 radical (unpaired) electrons. The van der Waals surface area contributed by atoms with Crippen molar-refractivity contribution in [3.05, 3.63) is 29.3 Å². The molecule has 0 saturated heterocycles. The van der Waals surface area contributed by atoms with Crippen molar-refractivity contribution in [2.45, 2.75) is 31.9 Å². The maximum atomic E-state index is 13.3. The standard InChI is InChI=1S/C11H13F2NO/c1-2-3-8-10(14)6-4-5-7(12)9(13)11(6)15-8/h4-5,8,10H,2-3,14H2,1H3. The van der Waals surface area contributed by atoms with Crippen LogP contribution in [0, 0.1) is 11.6 Å². The normalized spacial score (nSPS) is 23.7. The van der Waals surface area contributed by atoms with Gasteiger partial charge in [0.15, 0.2) is 11.6 Å². The first-order valence-electron chi connectivity index (χ1n) is 5.05. The van der Waals surface area contributed by atoms with E-state index in [-0.39, 0.29) is 17.9 Å². The molecular weight excluding hydrogens is 200 g/mol. The van der Waals surface area contributed by atoms with E-state index in [1.54, 1.807) is 0 Å². The Hall–Kier alpha value is -1.16. The molecule has 82 valence electrons. The number of halogens is 2. The Morgan fingerprint density at radius 2 is 2.13 bits per heavy atom. The molecule has 2 rings (SSSR count). The molecule has 15 heavy (non-hydrogen) atoms. The van der Waals surface area contributed by atoms with E-state index < -0.39 is 11.6 Å². The average Bonchev–Trinajstić information content (AvgIpc) is 2.52. The Morgan fingerprint density at radius 3 is 2.80 bits per heavy atom. The number of fused-ring (bicyclic) bond motifs is 1. The lowest BCUT2D eigenvalue weighted by Crippen LogP contribution is -2.24. The molecule has 4 heteroatoms.